The van der Waals surface area contributed by atoms with Crippen LogP contribution in [0.3, 0.4) is 0 Å². The van der Waals surface area contributed by atoms with Crippen molar-refractivity contribution in [3.05, 3.63) is 51.4 Å². The standard InChI is InChI=1S/C17H17N3OS2/c1-10-3-4-12(7-11(10)2)13-8-23-16-15(13)17(21)20(9-19-16)6-5-14(18)22/h3-4,7-9H,5-6H2,1-2H3,(H2,18,22). The molecule has 0 amide bonds. The maximum atomic E-state index is 12.8. The Bertz CT molecular complexity index is 956. The van der Waals surface area contributed by atoms with E-state index in [1.807, 2.05) is 5.38 Å². The summed E-state index contributed by atoms with van der Waals surface area (Å²) in [6.07, 6.45) is 2.06. The number of thiophene rings is 1. The van der Waals surface area contributed by atoms with Crippen LogP contribution in [0.15, 0.2) is 34.7 Å². The second kappa shape index (κ2) is 6.22. The molecule has 3 aromatic rings. The van der Waals surface area contributed by atoms with E-state index in [1.165, 1.54) is 22.5 Å². The Morgan fingerprint density at radius 3 is 2.83 bits per heavy atom. The third-order valence-corrected chi connectivity index (χ3v) is 5.07. The van der Waals surface area contributed by atoms with Gasteiger partial charge in [-0.2, -0.15) is 0 Å². The van der Waals surface area contributed by atoms with Crippen molar-refractivity contribution in [2.24, 2.45) is 5.73 Å². The van der Waals surface area contributed by atoms with Crippen LogP contribution >= 0.6 is 23.6 Å². The highest BCUT2D eigenvalue weighted by Gasteiger charge is 2.13. The smallest absolute Gasteiger partial charge is 0.262 e. The van der Waals surface area contributed by atoms with E-state index in [1.54, 1.807) is 10.9 Å². The van der Waals surface area contributed by atoms with Gasteiger partial charge in [0.1, 0.15) is 4.83 Å². The molecule has 0 aliphatic heterocycles. The van der Waals surface area contributed by atoms with Crippen molar-refractivity contribution in [2.45, 2.75) is 26.8 Å². The number of hydrogen-bond acceptors (Lipinski definition) is 4. The first kappa shape index (κ1) is 15.8. The Kier molecular flexibility index (Phi) is 4.28. The molecule has 0 fully saturated rings. The van der Waals surface area contributed by atoms with Crippen LogP contribution in [0.1, 0.15) is 17.5 Å². The Morgan fingerprint density at radius 2 is 2.13 bits per heavy atom. The Labute approximate surface area is 143 Å². The molecule has 0 aliphatic carbocycles. The second-order valence-electron chi connectivity index (χ2n) is 5.59. The summed E-state index contributed by atoms with van der Waals surface area (Å²) in [5.41, 5.74) is 9.92. The molecule has 0 saturated carbocycles. The lowest BCUT2D eigenvalue weighted by Crippen LogP contribution is -2.23. The molecule has 23 heavy (non-hydrogen) atoms. The van der Waals surface area contributed by atoms with Crippen molar-refractivity contribution in [3.8, 4) is 11.1 Å². The summed E-state index contributed by atoms with van der Waals surface area (Å²) in [6, 6.07) is 6.24. The molecule has 0 spiro atoms. The predicted molar refractivity (Wildman–Crippen MR) is 100 cm³/mol. The van der Waals surface area contributed by atoms with Gasteiger partial charge in [-0.1, -0.05) is 30.4 Å². The van der Waals surface area contributed by atoms with Gasteiger partial charge in [0.2, 0.25) is 0 Å². The molecule has 118 valence electrons. The second-order valence-corrected chi connectivity index (χ2v) is 6.97. The Balaban J connectivity index is 2.14. The molecule has 3 rings (SSSR count). The molecule has 0 atom stereocenters. The lowest BCUT2D eigenvalue weighted by Gasteiger charge is -2.07. The Morgan fingerprint density at radius 1 is 1.35 bits per heavy atom. The number of nitrogens with two attached hydrogens (primary N) is 1. The number of hydrogen-bond donors (Lipinski definition) is 1. The van der Waals surface area contributed by atoms with E-state index in [4.69, 9.17) is 18.0 Å². The van der Waals surface area contributed by atoms with Crippen molar-refractivity contribution in [2.75, 3.05) is 0 Å². The maximum Gasteiger partial charge on any atom is 0.262 e. The molecule has 2 aromatic heterocycles. The van der Waals surface area contributed by atoms with Crippen LogP contribution in [-0.4, -0.2) is 14.5 Å². The van der Waals surface area contributed by atoms with E-state index in [9.17, 15) is 4.79 Å². The highest BCUT2D eigenvalue weighted by atomic mass is 32.1. The first-order chi connectivity index (χ1) is 11.0. The summed E-state index contributed by atoms with van der Waals surface area (Å²) in [5, 5.41) is 2.67. The number of fused-ring (bicyclic) bond motifs is 1. The molecule has 0 bridgehead atoms. The van der Waals surface area contributed by atoms with Crippen LogP contribution in [0.2, 0.25) is 0 Å². The fraction of sp³-hybridized carbons (Fsp3) is 0.235. The van der Waals surface area contributed by atoms with Crippen LogP contribution in [0.5, 0.6) is 0 Å². The average Bonchev–Trinajstić information content (AvgIpc) is 2.94. The maximum absolute atomic E-state index is 12.8. The largest absolute Gasteiger partial charge is 0.393 e. The number of aryl methyl sites for hydroxylation is 3. The summed E-state index contributed by atoms with van der Waals surface area (Å²) >= 11 is 6.38. The third kappa shape index (κ3) is 3.04. The van der Waals surface area contributed by atoms with Gasteiger partial charge in [0.15, 0.2) is 0 Å². The van der Waals surface area contributed by atoms with Gasteiger partial charge < -0.3 is 5.73 Å². The molecule has 4 nitrogen and oxygen atoms in total. The summed E-state index contributed by atoms with van der Waals surface area (Å²) < 4.78 is 1.58. The van der Waals surface area contributed by atoms with Gasteiger partial charge >= 0.3 is 0 Å². The highest BCUT2D eigenvalue weighted by molar-refractivity contribution is 7.80. The van der Waals surface area contributed by atoms with Gasteiger partial charge in [-0.15, -0.1) is 11.3 Å². The minimum Gasteiger partial charge on any atom is -0.393 e. The van der Waals surface area contributed by atoms with E-state index in [0.717, 1.165) is 16.0 Å². The summed E-state index contributed by atoms with van der Waals surface area (Å²) in [6.45, 7) is 4.61. The molecule has 2 heterocycles. The van der Waals surface area contributed by atoms with Gasteiger partial charge in [-0.3, -0.25) is 9.36 Å². The number of rotatable bonds is 4. The van der Waals surface area contributed by atoms with E-state index in [-0.39, 0.29) is 5.56 Å². The third-order valence-electron chi connectivity index (χ3n) is 3.98. The van der Waals surface area contributed by atoms with Gasteiger partial charge in [-0.25, -0.2) is 4.98 Å². The zero-order valence-corrected chi connectivity index (χ0v) is 14.6. The van der Waals surface area contributed by atoms with Crippen molar-refractivity contribution >= 4 is 38.8 Å². The number of nitrogens with zero attached hydrogens (tertiary/aromatic N) is 2. The van der Waals surface area contributed by atoms with E-state index < -0.39 is 0 Å². The number of thiocarbonyl (C=S) groups is 1. The van der Waals surface area contributed by atoms with Gasteiger partial charge in [0.05, 0.1) is 16.7 Å². The average molecular weight is 343 g/mol. The van der Waals surface area contributed by atoms with E-state index in [2.05, 4.69) is 37.0 Å². The SMILES string of the molecule is Cc1ccc(-c2csc3ncn(CCC(N)=S)c(=O)c23)cc1C. The topological polar surface area (TPSA) is 60.9 Å². The first-order valence-corrected chi connectivity index (χ1v) is 8.58. The fourth-order valence-electron chi connectivity index (χ4n) is 2.48. The Hall–Kier alpha value is -2.05. The monoisotopic (exact) mass is 343 g/mol. The summed E-state index contributed by atoms with van der Waals surface area (Å²) in [5.74, 6) is 0. The molecule has 0 unspecified atom stereocenters. The van der Waals surface area contributed by atoms with Crippen molar-refractivity contribution in [1.29, 1.82) is 0 Å². The lowest BCUT2D eigenvalue weighted by atomic mass is 10.0. The van der Waals surface area contributed by atoms with Crippen LogP contribution < -0.4 is 11.3 Å². The van der Waals surface area contributed by atoms with Gasteiger partial charge in [0.25, 0.3) is 5.56 Å². The molecule has 6 heteroatoms. The van der Waals surface area contributed by atoms with Crippen molar-refractivity contribution in [3.63, 3.8) is 0 Å². The van der Waals surface area contributed by atoms with Crippen LogP contribution in [0.4, 0.5) is 0 Å². The minimum absolute atomic E-state index is 0.0410. The molecule has 1 aromatic carbocycles. The van der Waals surface area contributed by atoms with E-state index >= 15 is 0 Å². The number of aromatic nitrogens is 2. The molecular formula is C17H17N3OS2. The number of benzene rings is 1. The first-order valence-electron chi connectivity index (χ1n) is 7.30. The van der Waals surface area contributed by atoms with Crippen LogP contribution in [0.25, 0.3) is 21.3 Å². The zero-order chi connectivity index (χ0) is 16.6. The predicted octanol–water partition coefficient (Wildman–Crippen LogP) is 3.42. The minimum atomic E-state index is -0.0410. The summed E-state index contributed by atoms with van der Waals surface area (Å²) in [7, 11) is 0. The quantitative estimate of drug-likeness (QED) is 0.738. The van der Waals surface area contributed by atoms with Gasteiger partial charge in [-0.05, 0) is 30.5 Å². The molecule has 0 saturated heterocycles. The lowest BCUT2D eigenvalue weighted by molar-refractivity contribution is 0.688. The highest BCUT2D eigenvalue weighted by Crippen LogP contribution is 2.31. The molecule has 2 N–H and O–H groups in total. The van der Waals surface area contributed by atoms with Gasteiger partial charge in [0, 0.05) is 23.9 Å². The zero-order valence-electron chi connectivity index (χ0n) is 13.0. The molecule has 0 aliphatic rings. The van der Waals surface area contributed by atoms with Crippen LogP contribution in [-0.2, 0) is 6.54 Å². The van der Waals surface area contributed by atoms with Crippen molar-refractivity contribution in [1.82, 2.24) is 9.55 Å². The van der Waals surface area contributed by atoms with Crippen molar-refractivity contribution < 1.29 is 0 Å². The summed E-state index contributed by atoms with van der Waals surface area (Å²) in [4.78, 5) is 18.4. The molecule has 0 radical (unpaired) electrons. The molecular weight excluding hydrogens is 326 g/mol. The van der Waals surface area contributed by atoms with Crippen LogP contribution in [0, 0.1) is 13.8 Å². The normalized spacial score (nSPS) is 11.0. The fourth-order valence-corrected chi connectivity index (χ4v) is 3.48. The van der Waals surface area contributed by atoms with E-state index in [0.29, 0.717) is 23.3 Å².